The fraction of sp³-hybridized carbons (Fsp3) is 0.412. The molecule has 0 unspecified atom stereocenters. The van der Waals surface area contributed by atoms with Gasteiger partial charge in [0.25, 0.3) is 11.8 Å². The van der Waals surface area contributed by atoms with Crippen molar-refractivity contribution in [3.05, 3.63) is 30.1 Å². The van der Waals surface area contributed by atoms with E-state index in [4.69, 9.17) is 4.74 Å². The molecular formula is C17H19FN4O4. The van der Waals surface area contributed by atoms with Crippen LogP contribution < -0.4 is 10.2 Å². The highest BCUT2D eigenvalue weighted by atomic mass is 19.1. The Morgan fingerprint density at radius 1 is 1.15 bits per heavy atom. The molecule has 1 fully saturated rings. The van der Waals surface area contributed by atoms with Crippen LogP contribution in [0.15, 0.2) is 29.4 Å². The van der Waals surface area contributed by atoms with Crippen LogP contribution in [0, 0.1) is 5.82 Å². The number of halogens is 1. The molecule has 0 spiro atoms. The Hall–Kier alpha value is -2.97. The maximum Gasteiger partial charge on any atom is 0.270 e. The Morgan fingerprint density at radius 2 is 1.88 bits per heavy atom. The molecule has 2 aliphatic rings. The van der Waals surface area contributed by atoms with Crippen molar-refractivity contribution in [3.63, 3.8) is 0 Å². The predicted molar refractivity (Wildman–Crippen MR) is 89.9 cm³/mol. The van der Waals surface area contributed by atoms with E-state index < -0.39 is 5.82 Å². The second-order valence-corrected chi connectivity index (χ2v) is 6.01. The summed E-state index contributed by atoms with van der Waals surface area (Å²) in [6.07, 6.45) is 0.575. The number of ether oxygens (including phenoxy) is 1. The van der Waals surface area contributed by atoms with Crippen LogP contribution in [0.1, 0.15) is 12.8 Å². The summed E-state index contributed by atoms with van der Waals surface area (Å²) in [6.45, 7) is 1.36. The van der Waals surface area contributed by atoms with Crippen molar-refractivity contribution in [3.8, 4) is 5.75 Å². The Morgan fingerprint density at radius 3 is 2.54 bits per heavy atom. The lowest BCUT2D eigenvalue weighted by molar-refractivity contribution is -0.138. The first-order valence-corrected chi connectivity index (χ1v) is 8.34. The lowest BCUT2D eigenvalue weighted by atomic mass is 10.1. The summed E-state index contributed by atoms with van der Waals surface area (Å²) >= 11 is 0. The molecule has 1 N–H and O–H groups in total. The minimum absolute atomic E-state index is 0.184. The SMILES string of the molecule is O=C1CCC(C(=O)N2CCN(C(=O)COc3cccc(F)c3)CC2)=NN1. The molecule has 138 valence electrons. The van der Waals surface area contributed by atoms with Gasteiger partial charge in [0.15, 0.2) is 6.61 Å². The van der Waals surface area contributed by atoms with Gasteiger partial charge >= 0.3 is 0 Å². The number of carbonyl (C=O) groups is 3. The van der Waals surface area contributed by atoms with Crippen LogP contribution in [0.2, 0.25) is 0 Å². The van der Waals surface area contributed by atoms with Gasteiger partial charge in [0.2, 0.25) is 5.91 Å². The van der Waals surface area contributed by atoms with Crippen molar-refractivity contribution in [2.24, 2.45) is 5.10 Å². The number of piperazine rings is 1. The maximum atomic E-state index is 13.1. The second-order valence-electron chi connectivity index (χ2n) is 6.01. The molecule has 1 aromatic rings. The summed E-state index contributed by atoms with van der Waals surface area (Å²) in [5.41, 5.74) is 2.64. The summed E-state index contributed by atoms with van der Waals surface area (Å²) in [5.74, 6) is -0.764. The van der Waals surface area contributed by atoms with Crippen LogP contribution in [0.3, 0.4) is 0 Å². The van der Waals surface area contributed by atoms with Gasteiger partial charge in [-0.1, -0.05) is 6.07 Å². The maximum absolute atomic E-state index is 13.1. The third-order valence-corrected chi connectivity index (χ3v) is 4.23. The third kappa shape index (κ3) is 4.35. The molecule has 9 heteroatoms. The molecule has 0 bridgehead atoms. The lowest BCUT2D eigenvalue weighted by Crippen LogP contribution is -2.53. The van der Waals surface area contributed by atoms with Gasteiger partial charge in [0.1, 0.15) is 17.3 Å². The van der Waals surface area contributed by atoms with Crippen molar-refractivity contribution in [1.29, 1.82) is 0 Å². The normalized spacial score (nSPS) is 17.4. The molecule has 0 aromatic heterocycles. The van der Waals surface area contributed by atoms with Crippen molar-refractivity contribution < 1.29 is 23.5 Å². The first-order valence-electron chi connectivity index (χ1n) is 8.34. The van der Waals surface area contributed by atoms with Crippen LogP contribution in [0.25, 0.3) is 0 Å². The monoisotopic (exact) mass is 362 g/mol. The van der Waals surface area contributed by atoms with E-state index in [-0.39, 0.29) is 30.7 Å². The number of hydrogen-bond donors (Lipinski definition) is 1. The van der Waals surface area contributed by atoms with E-state index in [2.05, 4.69) is 10.5 Å². The molecule has 2 heterocycles. The minimum atomic E-state index is -0.427. The van der Waals surface area contributed by atoms with E-state index in [9.17, 15) is 18.8 Å². The number of hydrogen-bond acceptors (Lipinski definition) is 5. The zero-order valence-corrected chi connectivity index (χ0v) is 14.1. The van der Waals surface area contributed by atoms with Crippen LogP contribution in [-0.2, 0) is 14.4 Å². The standard InChI is InChI=1S/C17H19FN4O4/c18-12-2-1-3-13(10-12)26-11-16(24)21-6-8-22(9-7-21)17(25)14-4-5-15(23)20-19-14/h1-3,10H,4-9,11H2,(H,20,23). The van der Waals surface area contributed by atoms with E-state index in [1.54, 1.807) is 15.9 Å². The topological polar surface area (TPSA) is 91.3 Å². The molecule has 0 radical (unpaired) electrons. The fourth-order valence-corrected chi connectivity index (χ4v) is 2.76. The Kier molecular flexibility index (Phi) is 5.45. The number of rotatable bonds is 4. The highest BCUT2D eigenvalue weighted by molar-refractivity contribution is 6.39. The quantitative estimate of drug-likeness (QED) is 0.825. The predicted octanol–water partition coefficient (Wildman–Crippen LogP) is 0.141. The number of hydrazone groups is 1. The van der Waals surface area contributed by atoms with E-state index in [0.717, 1.165) is 0 Å². The first kappa shape index (κ1) is 17.8. The highest BCUT2D eigenvalue weighted by Crippen LogP contribution is 2.13. The Labute approximate surface area is 149 Å². The zero-order chi connectivity index (χ0) is 18.5. The molecule has 0 aliphatic carbocycles. The van der Waals surface area contributed by atoms with Crippen LogP contribution in [0.4, 0.5) is 4.39 Å². The molecule has 2 aliphatic heterocycles. The molecule has 3 amide bonds. The molecule has 3 rings (SSSR count). The van der Waals surface area contributed by atoms with Crippen molar-refractivity contribution in [2.75, 3.05) is 32.8 Å². The van der Waals surface area contributed by atoms with Crippen molar-refractivity contribution in [1.82, 2.24) is 15.2 Å². The average Bonchev–Trinajstić information content (AvgIpc) is 2.66. The number of carbonyl (C=O) groups excluding carboxylic acids is 3. The van der Waals surface area contributed by atoms with Gasteiger partial charge in [-0.25, -0.2) is 9.82 Å². The Balaban J connectivity index is 1.46. The van der Waals surface area contributed by atoms with Crippen molar-refractivity contribution >= 4 is 23.4 Å². The summed E-state index contributed by atoms with van der Waals surface area (Å²) in [7, 11) is 0. The van der Waals surface area contributed by atoms with E-state index in [1.807, 2.05) is 0 Å². The van der Waals surface area contributed by atoms with Gasteiger partial charge in [-0.3, -0.25) is 14.4 Å². The van der Waals surface area contributed by atoms with Crippen LogP contribution >= 0.6 is 0 Å². The summed E-state index contributed by atoms with van der Waals surface area (Å²) < 4.78 is 18.4. The first-order chi connectivity index (χ1) is 12.5. The van der Waals surface area contributed by atoms with E-state index >= 15 is 0 Å². The van der Waals surface area contributed by atoms with Crippen molar-refractivity contribution in [2.45, 2.75) is 12.8 Å². The molecule has 8 nitrogen and oxygen atoms in total. The molecule has 0 saturated carbocycles. The molecule has 1 saturated heterocycles. The highest BCUT2D eigenvalue weighted by Gasteiger charge is 2.28. The number of amides is 3. The van der Waals surface area contributed by atoms with E-state index in [1.165, 1.54) is 18.2 Å². The summed E-state index contributed by atoms with van der Waals surface area (Å²) in [4.78, 5) is 38.9. The fourth-order valence-electron chi connectivity index (χ4n) is 2.76. The van der Waals surface area contributed by atoms with Gasteiger partial charge in [-0.05, 0) is 12.1 Å². The van der Waals surface area contributed by atoms with Gasteiger partial charge in [0.05, 0.1) is 0 Å². The average molecular weight is 362 g/mol. The minimum Gasteiger partial charge on any atom is -0.484 e. The summed E-state index contributed by atoms with van der Waals surface area (Å²) in [5, 5.41) is 3.80. The number of nitrogens with one attached hydrogen (secondary N) is 1. The van der Waals surface area contributed by atoms with Crippen LogP contribution in [0.5, 0.6) is 5.75 Å². The smallest absolute Gasteiger partial charge is 0.270 e. The lowest BCUT2D eigenvalue weighted by Gasteiger charge is -2.35. The van der Waals surface area contributed by atoms with Gasteiger partial charge in [-0.2, -0.15) is 5.10 Å². The second kappa shape index (κ2) is 7.94. The van der Waals surface area contributed by atoms with E-state index in [0.29, 0.717) is 44.1 Å². The number of nitrogens with zero attached hydrogens (tertiary/aromatic N) is 3. The van der Waals surface area contributed by atoms with Gasteiger partial charge in [-0.15, -0.1) is 0 Å². The van der Waals surface area contributed by atoms with Gasteiger partial charge < -0.3 is 14.5 Å². The molecule has 0 atom stereocenters. The molecule has 1 aromatic carbocycles. The number of benzene rings is 1. The Bertz CT molecular complexity index is 744. The molecular weight excluding hydrogens is 343 g/mol. The third-order valence-electron chi connectivity index (χ3n) is 4.23. The summed E-state index contributed by atoms with van der Waals surface area (Å²) in [6, 6.07) is 5.60. The van der Waals surface area contributed by atoms with Crippen LogP contribution in [-0.4, -0.2) is 66.0 Å². The van der Waals surface area contributed by atoms with Gasteiger partial charge in [0, 0.05) is 45.1 Å². The zero-order valence-electron chi connectivity index (χ0n) is 14.1. The largest absolute Gasteiger partial charge is 0.484 e. The molecule has 26 heavy (non-hydrogen) atoms.